The fraction of sp³-hybridized carbons (Fsp3) is 0.444. The maximum atomic E-state index is 12.3. The van der Waals surface area contributed by atoms with E-state index in [0.717, 1.165) is 23.1 Å². The third-order valence-electron chi connectivity index (χ3n) is 4.08. The van der Waals surface area contributed by atoms with Gasteiger partial charge in [0.25, 0.3) is 5.69 Å². The Kier molecular flexibility index (Phi) is 6.42. The summed E-state index contributed by atoms with van der Waals surface area (Å²) in [6.45, 7) is 10.7. The average Bonchev–Trinajstić information content (AvgIpc) is 2.82. The monoisotopic (exact) mass is 376 g/mol. The summed E-state index contributed by atoms with van der Waals surface area (Å²) in [4.78, 5) is 27.4. The Morgan fingerprint density at radius 3 is 2.65 bits per heavy atom. The molecule has 1 amide bonds. The summed E-state index contributed by atoms with van der Waals surface area (Å²) in [5.74, 6) is 0.451. The van der Waals surface area contributed by atoms with Crippen LogP contribution < -0.4 is 5.32 Å². The van der Waals surface area contributed by atoms with E-state index in [-0.39, 0.29) is 17.3 Å². The molecular formula is C18H24N4O3S. The van der Waals surface area contributed by atoms with Gasteiger partial charge in [0.15, 0.2) is 5.16 Å². The molecule has 0 spiro atoms. The van der Waals surface area contributed by atoms with Crippen molar-refractivity contribution < 1.29 is 9.72 Å². The molecule has 2 rings (SSSR count). The summed E-state index contributed by atoms with van der Waals surface area (Å²) >= 11 is 1.37. The van der Waals surface area contributed by atoms with Crippen molar-refractivity contribution in [2.24, 2.45) is 5.92 Å². The number of nitro benzene ring substituents is 1. The van der Waals surface area contributed by atoms with Crippen molar-refractivity contribution in [1.82, 2.24) is 9.55 Å². The van der Waals surface area contributed by atoms with Gasteiger partial charge in [-0.15, -0.1) is 0 Å². The van der Waals surface area contributed by atoms with Gasteiger partial charge in [0.2, 0.25) is 5.91 Å². The summed E-state index contributed by atoms with van der Waals surface area (Å²) in [5, 5.41) is 14.6. The average molecular weight is 376 g/mol. The molecule has 1 N–H and O–H groups in total. The molecule has 8 heteroatoms. The molecule has 26 heavy (non-hydrogen) atoms. The van der Waals surface area contributed by atoms with E-state index >= 15 is 0 Å². The van der Waals surface area contributed by atoms with E-state index in [1.165, 1.54) is 17.8 Å². The Balaban J connectivity index is 2.08. The molecular weight excluding hydrogens is 352 g/mol. The molecule has 0 unspecified atom stereocenters. The Morgan fingerprint density at radius 1 is 1.35 bits per heavy atom. The van der Waals surface area contributed by atoms with Crippen LogP contribution in [0.1, 0.15) is 30.8 Å². The lowest BCUT2D eigenvalue weighted by molar-refractivity contribution is -0.385. The summed E-state index contributed by atoms with van der Waals surface area (Å²) in [5.41, 5.74) is 2.97. The largest absolute Gasteiger partial charge is 0.325 e. The molecule has 0 aliphatic rings. The number of nitrogens with one attached hydrogen (secondary N) is 1. The van der Waals surface area contributed by atoms with Crippen molar-refractivity contribution in [1.29, 1.82) is 0 Å². The molecule has 1 heterocycles. The van der Waals surface area contributed by atoms with E-state index in [9.17, 15) is 14.9 Å². The molecule has 0 saturated heterocycles. The van der Waals surface area contributed by atoms with Crippen LogP contribution >= 0.6 is 11.8 Å². The molecule has 0 fully saturated rings. The molecule has 0 aliphatic heterocycles. The Morgan fingerprint density at radius 2 is 2.04 bits per heavy atom. The molecule has 2 aromatic rings. The zero-order valence-electron chi connectivity index (χ0n) is 15.7. The van der Waals surface area contributed by atoms with Crippen LogP contribution in [0.15, 0.2) is 23.4 Å². The molecule has 0 radical (unpaired) electrons. The first-order chi connectivity index (χ1) is 12.2. The Hall–Kier alpha value is -2.35. The number of hydrogen-bond acceptors (Lipinski definition) is 5. The molecule has 0 bridgehead atoms. The van der Waals surface area contributed by atoms with Crippen molar-refractivity contribution in [2.75, 3.05) is 11.1 Å². The smallest absolute Gasteiger partial charge is 0.274 e. The van der Waals surface area contributed by atoms with Gasteiger partial charge in [0.1, 0.15) is 0 Å². The van der Waals surface area contributed by atoms with Crippen molar-refractivity contribution in [2.45, 2.75) is 46.3 Å². The maximum absolute atomic E-state index is 12.3. The number of imidazole rings is 1. The second-order valence-electron chi connectivity index (χ2n) is 6.61. The van der Waals surface area contributed by atoms with Gasteiger partial charge >= 0.3 is 0 Å². The van der Waals surface area contributed by atoms with Crippen LogP contribution in [0.3, 0.4) is 0 Å². The van der Waals surface area contributed by atoms with Crippen molar-refractivity contribution in [3.05, 3.63) is 45.3 Å². The van der Waals surface area contributed by atoms with Gasteiger partial charge in [0, 0.05) is 18.3 Å². The van der Waals surface area contributed by atoms with E-state index < -0.39 is 4.92 Å². The van der Waals surface area contributed by atoms with Crippen LogP contribution in [0.2, 0.25) is 0 Å². The molecule has 0 aliphatic carbocycles. The van der Waals surface area contributed by atoms with Crippen LogP contribution in [-0.4, -0.2) is 26.1 Å². The first-order valence-corrected chi connectivity index (χ1v) is 9.39. The number of benzene rings is 1. The predicted octanol–water partition coefficient (Wildman–Crippen LogP) is 4.10. The number of aryl methyl sites for hydroxylation is 1. The lowest BCUT2D eigenvalue weighted by atomic mass is 10.1. The summed E-state index contributed by atoms with van der Waals surface area (Å²) in [6, 6.07) is 4.66. The van der Waals surface area contributed by atoms with Gasteiger partial charge < -0.3 is 9.88 Å². The minimum Gasteiger partial charge on any atom is -0.325 e. The highest BCUT2D eigenvalue weighted by Crippen LogP contribution is 2.26. The fourth-order valence-corrected chi connectivity index (χ4v) is 3.49. The number of carbonyl (C=O) groups is 1. The van der Waals surface area contributed by atoms with Gasteiger partial charge in [-0.25, -0.2) is 4.98 Å². The highest BCUT2D eigenvalue weighted by Gasteiger charge is 2.17. The van der Waals surface area contributed by atoms with Crippen molar-refractivity contribution in [3.8, 4) is 0 Å². The van der Waals surface area contributed by atoms with E-state index in [1.807, 2.05) is 13.8 Å². The Bertz CT molecular complexity index is 830. The van der Waals surface area contributed by atoms with Crippen molar-refractivity contribution >= 4 is 29.0 Å². The van der Waals surface area contributed by atoms with Crippen LogP contribution in [0.5, 0.6) is 0 Å². The molecule has 140 valence electrons. The number of aromatic nitrogens is 2. The Labute approximate surface area is 157 Å². The minimum absolute atomic E-state index is 0.00539. The van der Waals surface area contributed by atoms with Gasteiger partial charge in [-0.3, -0.25) is 14.9 Å². The van der Waals surface area contributed by atoms with E-state index in [4.69, 9.17) is 0 Å². The number of anilines is 1. The quantitative estimate of drug-likeness (QED) is 0.446. The van der Waals surface area contributed by atoms with E-state index in [1.54, 1.807) is 19.1 Å². The zero-order valence-corrected chi connectivity index (χ0v) is 16.5. The minimum atomic E-state index is -0.450. The third-order valence-corrected chi connectivity index (χ3v) is 5.06. The number of nitro groups is 1. The second-order valence-corrected chi connectivity index (χ2v) is 7.56. The van der Waals surface area contributed by atoms with Gasteiger partial charge in [-0.05, 0) is 32.8 Å². The highest BCUT2D eigenvalue weighted by molar-refractivity contribution is 7.99. The summed E-state index contributed by atoms with van der Waals surface area (Å²) < 4.78 is 2.14. The van der Waals surface area contributed by atoms with E-state index in [0.29, 0.717) is 17.2 Å². The summed E-state index contributed by atoms with van der Waals surface area (Å²) in [6.07, 6.45) is 0. The second kappa shape index (κ2) is 8.35. The molecule has 0 atom stereocenters. The number of nitrogens with zero attached hydrogens (tertiary/aromatic N) is 3. The van der Waals surface area contributed by atoms with Gasteiger partial charge in [-0.2, -0.15) is 0 Å². The highest BCUT2D eigenvalue weighted by atomic mass is 32.2. The normalized spacial score (nSPS) is 11.0. The molecule has 7 nitrogen and oxygen atoms in total. The molecule has 1 aromatic carbocycles. The van der Waals surface area contributed by atoms with Gasteiger partial charge in [-0.1, -0.05) is 31.7 Å². The van der Waals surface area contributed by atoms with E-state index in [2.05, 4.69) is 28.7 Å². The number of thioether (sulfide) groups is 1. The molecule has 0 saturated carbocycles. The lowest BCUT2D eigenvalue weighted by Gasteiger charge is -2.12. The third kappa shape index (κ3) is 4.63. The maximum Gasteiger partial charge on any atom is 0.274 e. The van der Waals surface area contributed by atoms with Crippen LogP contribution in [0, 0.1) is 36.8 Å². The van der Waals surface area contributed by atoms with Crippen LogP contribution in [-0.2, 0) is 11.3 Å². The first kappa shape index (κ1) is 20.0. The molecule has 1 aromatic heterocycles. The fourth-order valence-electron chi connectivity index (χ4n) is 2.59. The predicted molar refractivity (Wildman–Crippen MR) is 104 cm³/mol. The van der Waals surface area contributed by atoms with Crippen molar-refractivity contribution in [3.63, 3.8) is 0 Å². The standard InChI is InChI=1S/C18H24N4O3S/c1-11(2)9-21-14(5)13(4)19-18(21)26-10-17(23)20-15-7-6-8-16(12(15)3)22(24)25/h6-8,11H,9-10H2,1-5H3,(H,20,23). The topological polar surface area (TPSA) is 90.1 Å². The van der Waals surface area contributed by atoms with Gasteiger partial charge in [0.05, 0.1) is 27.6 Å². The number of amides is 1. The van der Waals surface area contributed by atoms with Crippen LogP contribution in [0.25, 0.3) is 0 Å². The number of rotatable bonds is 7. The van der Waals surface area contributed by atoms with Crippen LogP contribution in [0.4, 0.5) is 11.4 Å². The SMILES string of the molecule is Cc1nc(SCC(=O)Nc2cccc([N+](=O)[O-])c2C)n(CC(C)C)c1C. The zero-order chi connectivity index (χ0) is 19.4. The first-order valence-electron chi connectivity index (χ1n) is 8.41. The number of carbonyl (C=O) groups excluding carboxylic acids is 1. The number of hydrogen-bond donors (Lipinski definition) is 1. The summed E-state index contributed by atoms with van der Waals surface area (Å²) in [7, 11) is 0. The lowest BCUT2D eigenvalue weighted by Crippen LogP contribution is -2.16.